The molecule has 1 fully saturated rings. The highest BCUT2D eigenvalue weighted by Gasteiger charge is 2.20. The third-order valence-electron chi connectivity index (χ3n) is 3.48. The van der Waals surface area contributed by atoms with E-state index < -0.39 is 0 Å². The van der Waals surface area contributed by atoms with E-state index in [9.17, 15) is 0 Å². The Balaban J connectivity index is 1.71. The van der Waals surface area contributed by atoms with Crippen LogP contribution in [0.25, 0.3) is 0 Å². The van der Waals surface area contributed by atoms with Gasteiger partial charge in [-0.2, -0.15) is 0 Å². The van der Waals surface area contributed by atoms with E-state index in [1.807, 2.05) is 0 Å². The van der Waals surface area contributed by atoms with Crippen LogP contribution in [0.3, 0.4) is 0 Å². The lowest BCUT2D eigenvalue weighted by Crippen LogP contribution is -2.44. The van der Waals surface area contributed by atoms with Gasteiger partial charge in [0, 0.05) is 18.6 Å². The quantitative estimate of drug-likeness (QED) is 0.915. The summed E-state index contributed by atoms with van der Waals surface area (Å²) in [7, 11) is 0. The average molecular weight is 317 g/mol. The molecule has 1 N–H and O–H groups in total. The summed E-state index contributed by atoms with van der Waals surface area (Å²) in [6.45, 7) is 8.06. The number of nitrogens with one attached hydrogen (secondary N) is 1. The van der Waals surface area contributed by atoms with Crippen LogP contribution in [0.15, 0.2) is 15.2 Å². The Bertz CT molecular complexity index is 343. The van der Waals surface area contributed by atoms with Gasteiger partial charge in [-0.3, -0.25) is 0 Å². The first-order valence-corrected chi connectivity index (χ1v) is 8.03. The lowest BCUT2D eigenvalue weighted by Gasteiger charge is -2.35. The number of halogens is 1. The molecule has 0 saturated carbocycles. The second kappa shape index (κ2) is 6.32. The first kappa shape index (κ1) is 13.5. The van der Waals surface area contributed by atoms with Crippen LogP contribution < -0.4 is 5.32 Å². The molecule has 0 radical (unpaired) electrons. The van der Waals surface area contributed by atoms with Crippen molar-refractivity contribution in [3.8, 4) is 0 Å². The van der Waals surface area contributed by atoms with Gasteiger partial charge in [0.05, 0.1) is 3.79 Å². The molecule has 0 aromatic carbocycles. The van der Waals surface area contributed by atoms with Crippen molar-refractivity contribution in [3.05, 3.63) is 20.8 Å². The van der Waals surface area contributed by atoms with Gasteiger partial charge in [0.1, 0.15) is 0 Å². The Hall–Kier alpha value is 0.100. The lowest BCUT2D eigenvalue weighted by atomic mass is 10.0. The van der Waals surface area contributed by atoms with Gasteiger partial charge in [0.2, 0.25) is 0 Å². The molecule has 0 amide bonds. The smallest absolute Gasteiger partial charge is 0.0701 e. The van der Waals surface area contributed by atoms with Gasteiger partial charge in [-0.15, -0.1) is 11.3 Å². The van der Waals surface area contributed by atoms with Gasteiger partial charge in [-0.05, 0) is 72.7 Å². The molecular weight excluding hydrogens is 296 g/mol. The molecule has 0 atom stereocenters. The monoisotopic (exact) mass is 316 g/mol. The Labute approximate surface area is 117 Å². The summed E-state index contributed by atoms with van der Waals surface area (Å²) in [6.07, 6.45) is 2.56. The number of thiophene rings is 1. The number of rotatable bonds is 4. The second-order valence-electron chi connectivity index (χ2n) is 5.04. The third kappa shape index (κ3) is 4.05. The van der Waals surface area contributed by atoms with Crippen LogP contribution in [-0.2, 0) is 6.54 Å². The molecule has 2 heterocycles. The molecule has 4 heteroatoms. The summed E-state index contributed by atoms with van der Waals surface area (Å²) >= 11 is 5.27. The van der Waals surface area contributed by atoms with E-state index in [0.29, 0.717) is 12.1 Å². The van der Waals surface area contributed by atoms with Crippen LogP contribution in [-0.4, -0.2) is 30.1 Å². The highest BCUT2D eigenvalue weighted by molar-refractivity contribution is 9.11. The first-order chi connectivity index (χ1) is 8.15. The maximum atomic E-state index is 3.67. The van der Waals surface area contributed by atoms with Crippen molar-refractivity contribution in [2.24, 2.45) is 0 Å². The molecule has 0 bridgehead atoms. The van der Waals surface area contributed by atoms with Crippen molar-refractivity contribution in [2.45, 2.75) is 45.3 Å². The minimum atomic E-state index is 0.698. The van der Waals surface area contributed by atoms with Crippen LogP contribution in [0.4, 0.5) is 0 Å². The molecule has 0 spiro atoms. The number of nitrogens with zero attached hydrogens (tertiary/aromatic N) is 1. The minimum Gasteiger partial charge on any atom is -0.310 e. The van der Waals surface area contributed by atoms with Crippen LogP contribution in [0.5, 0.6) is 0 Å². The van der Waals surface area contributed by atoms with E-state index in [2.05, 4.69) is 51.4 Å². The van der Waals surface area contributed by atoms with Crippen molar-refractivity contribution >= 4 is 27.3 Å². The zero-order valence-corrected chi connectivity index (χ0v) is 13.0. The topological polar surface area (TPSA) is 15.3 Å². The van der Waals surface area contributed by atoms with Crippen molar-refractivity contribution < 1.29 is 0 Å². The Morgan fingerprint density at radius 3 is 2.71 bits per heavy atom. The summed E-state index contributed by atoms with van der Waals surface area (Å²) in [6, 6.07) is 3.61. The predicted molar refractivity (Wildman–Crippen MR) is 78.6 cm³/mol. The number of hydrogen-bond donors (Lipinski definition) is 1. The first-order valence-electron chi connectivity index (χ1n) is 6.35. The van der Waals surface area contributed by atoms with Crippen molar-refractivity contribution in [3.63, 3.8) is 0 Å². The van der Waals surface area contributed by atoms with Gasteiger partial charge >= 0.3 is 0 Å². The van der Waals surface area contributed by atoms with Crippen LogP contribution in [0.2, 0.25) is 0 Å². The summed E-state index contributed by atoms with van der Waals surface area (Å²) < 4.78 is 1.23. The van der Waals surface area contributed by atoms with E-state index in [1.54, 1.807) is 11.3 Å². The van der Waals surface area contributed by atoms with Crippen molar-refractivity contribution in [1.29, 1.82) is 0 Å². The molecule has 2 nitrogen and oxygen atoms in total. The van der Waals surface area contributed by atoms with Gasteiger partial charge in [0.25, 0.3) is 0 Å². The largest absolute Gasteiger partial charge is 0.310 e. The fraction of sp³-hybridized carbons (Fsp3) is 0.692. The second-order valence-corrected chi connectivity index (χ2v) is 7.33. The third-order valence-corrected chi connectivity index (χ3v) is 5.03. The summed E-state index contributed by atoms with van der Waals surface area (Å²) in [5, 5.41) is 5.89. The summed E-state index contributed by atoms with van der Waals surface area (Å²) in [5.74, 6) is 0. The molecule has 1 aliphatic rings. The van der Waals surface area contributed by atoms with E-state index >= 15 is 0 Å². The van der Waals surface area contributed by atoms with E-state index in [1.165, 1.54) is 35.3 Å². The highest BCUT2D eigenvalue weighted by atomic mass is 79.9. The highest BCUT2D eigenvalue weighted by Crippen LogP contribution is 2.21. The molecule has 0 unspecified atom stereocenters. The molecule has 96 valence electrons. The number of hydrogen-bond acceptors (Lipinski definition) is 3. The molecule has 1 aromatic heterocycles. The summed E-state index contributed by atoms with van der Waals surface area (Å²) in [5.41, 5.74) is 1.40. The standard InChI is InChI=1S/C13H21BrN2S/c1-10(2)16-5-3-12(4-6-16)15-8-11-7-13(14)17-9-11/h7,9-10,12,15H,3-6,8H2,1-2H3. The molecule has 1 saturated heterocycles. The van der Waals surface area contributed by atoms with Crippen molar-refractivity contribution in [2.75, 3.05) is 13.1 Å². The Morgan fingerprint density at radius 2 is 2.18 bits per heavy atom. The maximum Gasteiger partial charge on any atom is 0.0701 e. The van der Waals surface area contributed by atoms with Gasteiger partial charge in [0.15, 0.2) is 0 Å². The van der Waals surface area contributed by atoms with Gasteiger partial charge in [-0.25, -0.2) is 0 Å². The molecule has 1 aliphatic heterocycles. The predicted octanol–water partition coefficient (Wildman–Crippen LogP) is 3.47. The zero-order chi connectivity index (χ0) is 12.3. The molecule has 0 aliphatic carbocycles. The van der Waals surface area contributed by atoms with Gasteiger partial charge < -0.3 is 10.2 Å². The van der Waals surface area contributed by atoms with E-state index in [0.717, 1.165) is 6.54 Å². The fourth-order valence-corrected chi connectivity index (χ4v) is 3.53. The number of likely N-dealkylation sites (tertiary alicyclic amines) is 1. The maximum absolute atomic E-state index is 3.67. The van der Waals surface area contributed by atoms with Crippen LogP contribution in [0.1, 0.15) is 32.3 Å². The SMILES string of the molecule is CC(C)N1CCC(NCc2csc(Br)c2)CC1. The molecule has 17 heavy (non-hydrogen) atoms. The lowest BCUT2D eigenvalue weighted by molar-refractivity contribution is 0.161. The van der Waals surface area contributed by atoms with Crippen LogP contribution in [0, 0.1) is 0 Å². The molecular formula is C13H21BrN2S. The normalized spacial score (nSPS) is 19.1. The Kier molecular flexibility index (Phi) is 5.03. The summed E-state index contributed by atoms with van der Waals surface area (Å²) in [4.78, 5) is 2.57. The number of piperidine rings is 1. The fourth-order valence-electron chi connectivity index (χ4n) is 2.32. The molecule has 1 aromatic rings. The van der Waals surface area contributed by atoms with Gasteiger partial charge in [-0.1, -0.05) is 0 Å². The molecule has 2 rings (SSSR count). The van der Waals surface area contributed by atoms with Crippen molar-refractivity contribution in [1.82, 2.24) is 10.2 Å². The average Bonchev–Trinajstić information content (AvgIpc) is 2.73. The zero-order valence-electron chi connectivity index (χ0n) is 10.6. The van der Waals surface area contributed by atoms with E-state index in [-0.39, 0.29) is 0 Å². The van der Waals surface area contributed by atoms with E-state index in [4.69, 9.17) is 0 Å². The van der Waals surface area contributed by atoms with Crippen LogP contribution >= 0.6 is 27.3 Å². The minimum absolute atomic E-state index is 0.698. The Morgan fingerprint density at radius 1 is 1.47 bits per heavy atom.